The summed E-state index contributed by atoms with van der Waals surface area (Å²) in [6, 6.07) is 4.60. The maximum atomic E-state index is 5.33. The van der Waals surface area contributed by atoms with E-state index in [0.717, 1.165) is 37.8 Å². The summed E-state index contributed by atoms with van der Waals surface area (Å²) >= 11 is 5.23. The molecule has 6 heteroatoms. The third-order valence-electron chi connectivity index (χ3n) is 3.25. The van der Waals surface area contributed by atoms with Crippen LogP contribution in [0.3, 0.4) is 0 Å². The average molecular weight is 278 g/mol. The lowest BCUT2D eigenvalue weighted by Gasteiger charge is -2.27. The predicted molar refractivity (Wildman–Crippen MR) is 79.6 cm³/mol. The molecule has 2 fully saturated rings. The first-order chi connectivity index (χ1) is 9.31. The Labute approximate surface area is 118 Å². The van der Waals surface area contributed by atoms with Crippen LogP contribution in [-0.4, -0.2) is 42.4 Å². The molecule has 1 saturated heterocycles. The van der Waals surface area contributed by atoms with Gasteiger partial charge in [0.25, 0.3) is 0 Å². The molecular weight excluding hydrogens is 260 g/mol. The summed E-state index contributed by atoms with van der Waals surface area (Å²) in [6.45, 7) is 3.36. The molecule has 5 nitrogen and oxygen atoms in total. The standard InChI is InChI=1S/C13H18N4OS/c19-13(15-10-1-2-10)16-11-3-4-12(14-9-11)17-5-7-18-8-6-17/h3-4,9-10H,1-2,5-8H2,(H2,15,16,19). The Kier molecular flexibility index (Phi) is 3.79. The first kappa shape index (κ1) is 12.6. The predicted octanol–water partition coefficient (Wildman–Crippen LogP) is 1.37. The summed E-state index contributed by atoms with van der Waals surface area (Å²) in [5.41, 5.74) is 0.926. The third kappa shape index (κ3) is 3.54. The summed E-state index contributed by atoms with van der Waals surface area (Å²) in [7, 11) is 0. The van der Waals surface area contributed by atoms with Crippen LogP contribution in [0.4, 0.5) is 11.5 Å². The van der Waals surface area contributed by atoms with Crippen LogP contribution in [0, 0.1) is 0 Å². The maximum Gasteiger partial charge on any atom is 0.171 e. The molecule has 0 atom stereocenters. The highest BCUT2D eigenvalue weighted by Gasteiger charge is 2.21. The van der Waals surface area contributed by atoms with Crippen LogP contribution in [0.5, 0.6) is 0 Å². The number of morpholine rings is 1. The number of hydrogen-bond donors (Lipinski definition) is 2. The van der Waals surface area contributed by atoms with Gasteiger partial charge in [0.15, 0.2) is 5.11 Å². The van der Waals surface area contributed by atoms with E-state index in [1.807, 2.05) is 18.3 Å². The Balaban J connectivity index is 1.56. The summed E-state index contributed by atoms with van der Waals surface area (Å²) in [5.74, 6) is 0.995. The molecule has 19 heavy (non-hydrogen) atoms. The number of anilines is 2. The molecule has 0 spiro atoms. The van der Waals surface area contributed by atoms with E-state index in [1.165, 1.54) is 12.8 Å². The van der Waals surface area contributed by atoms with Crippen LogP contribution in [0.2, 0.25) is 0 Å². The van der Waals surface area contributed by atoms with Crippen molar-refractivity contribution in [2.75, 3.05) is 36.5 Å². The van der Waals surface area contributed by atoms with E-state index in [-0.39, 0.29) is 0 Å². The zero-order valence-electron chi connectivity index (χ0n) is 10.8. The third-order valence-corrected chi connectivity index (χ3v) is 3.47. The van der Waals surface area contributed by atoms with Gasteiger partial charge in [0.1, 0.15) is 5.82 Å². The Bertz CT molecular complexity index is 440. The van der Waals surface area contributed by atoms with E-state index in [9.17, 15) is 0 Å². The van der Waals surface area contributed by atoms with E-state index < -0.39 is 0 Å². The zero-order valence-corrected chi connectivity index (χ0v) is 11.6. The SMILES string of the molecule is S=C(Nc1ccc(N2CCOCC2)nc1)NC1CC1. The number of hydrogen-bond acceptors (Lipinski definition) is 4. The van der Waals surface area contributed by atoms with Crippen LogP contribution < -0.4 is 15.5 Å². The number of ether oxygens (including phenoxy) is 1. The molecule has 0 radical (unpaired) electrons. The number of pyridine rings is 1. The molecule has 3 rings (SSSR count). The molecule has 1 saturated carbocycles. The van der Waals surface area contributed by atoms with Crippen LogP contribution in [0.25, 0.3) is 0 Å². The van der Waals surface area contributed by atoms with Crippen molar-refractivity contribution in [1.82, 2.24) is 10.3 Å². The molecule has 1 aliphatic carbocycles. The van der Waals surface area contributed by atoms with Gasteiger partial charge in [0.05, 0.1) is 25.1 Å². The van der Waals surface area contributed by atoms with Crippen molar-refractivity contribution in [2.45, 2.75) is 18.9 Å². The Morgan fingerprint density at radius 1 is 1.32 bits per heavy atom. The fraction of sp³-hybridized carbons (Fsp3) is 0.538. The van der Waals surface area contributed by atoms with E-state index >= 15 is 0 Å². The molecule has 2 aliphatic rings. The van der Waals surface area contributed by atoms with E-state index in [4.69, 9.17) is 17.0 Å². The largest absolute Gasteiger partial charge is 0.378 e. The van der Waals surface area contributed by atoms with Crippen LogP contribution in [0.1, 0.15) is 12.8 Å². The van der Waals surface area contributed by atoms with E-state index in [0.29, 0.717) is 11.2 Å². The molecule has 0 bridgehead atoms. The minimum absolute atomic E-state index is 0.570. The molecule has 1 aromatic rings. The highest BCUT2D eigenvalue weighted by molar-refractivity contribution is 7.80. The molecule has 2 N–H and O–H groups in total. The van der Waals surface area contributed by atoms with Gasteiger partial charge in [-0.1, -0.05) is 0 Å². The van der Waals surface area contributed by atoms with E-state index in [2.05, 4.69) is 20.5 Å². The Hall–Kier alpha value is -1.40. The first-order valence-corrected chi connectivity index (χ1v) is 7.08. The second kappa shape index (κ2) is 5.71. The second-order valence-corrected chi connectivity index (χ2v) is 5.29. The molecule has 0 unspecified atom stereocenters. The van der Waals surface area contributed by atoms with Gasteiger partial charge in [0.2, 0.25) is 0 Å². The smallest absolute Gasteiger partial charge is 0.171 e. The lowest BCUT2D eigenvalue weighted by atomic mass is 10.3. The molecule has 0 aromatic carbocycles. The van der Waals surface area contributed by atoms with Crippen LogP contribution in [-0.2, 0) is 4.74 Å². The van der Waals surface area contributed by atoms with Crippen LogP contribution in [0.15, 0.2) is 18.3 Å². The van der Waals surface area contributed by atoms with Gasteiger partial charge in [-0.3, -0.25) is 0 Å². The van der Waals surface area contributed by atoms with E-state index in [1.54, 1.807) is 0 Å². The normalized spacial score (nSPS) is 19.1. The topological polar surface area (TPSA) is 49.4 Å². The minimum Gasteiger partial charge on any atom is -0.378 e. The number of nitrogens with one attached hydrogen (secondary N) is 2. The molecule has 1 aliphatic heterocycles. The zero-order chi connectivity index (χ0) is 13.1. The number of rotatable bonds is 3. The van der Waals surface area contributed by atoms with Gasteiger partial charge in [-0.25, -0.2) is 4.98 Å². The Morgan fingerprint density at radius 2 is 2.11 bits per heavy atom. The van der Waals surface area contributed by atoms with Gasteiger partial charge in [0, 0.05) is 19.1 Å². The lowest BCUT2D eigenvalue weighted by Crippen LogP contribution is -2.36. The number of thiocarbonyl (C=S) groups is 1. The summed E-state index contributed by atoms with van der Waals surface area (Å²) in [4.78, 5) is 6.70. The van der Waals surface area contributed by atoms with Gasteiger partial charge in [-0.2, -0.15) is 0 Å². The van der Waals surface area contributed by atoms with Crippen LogP contribution >= 0.6 is 12.2 Å². The van der Waals surface area contributed by atoms with Crippen molar-refractivity contribution in [3.05, 3.63) is 18.3 Å². The molecule has 0 amide bonds. The lowest BCUT2D eigenvalue weighted by molar-refractivity contribution is 0.122. The quantitative estimate of drug-likeness (QED) is 0.814. The summed E-state index contributed by atoms with van der Waals surface area (Å²) < 4.78 is 5.33. The fourth-order valence-electron chi connectivity index (χ4n) is 2.02. The van der Waals surface area contributed by atoms with Crippen molar-refractivity contribution in [3.63, 3.8) is 0 Å². The fourth-order valence-corrected chi connectivity index (χ4v) is 2.30. The molecule has 102 valence electrons. The number of aromatic nitrogens is 1. The monoisotopic (exact) mass is 278 g/mol. The maximum absolute atomic E-state index is 5.33. The van der Waals surface area contributed by atoms with Crippen molar-refractivity contribution < 1.29 is 4.74 Å². The van der Waals surface area contributed by atoms with Crippen molar-refractivity contribution in [2.24, 2.45) is 0 Å². The minimum atomic E-state index is 0.570. The van der Waals surface area contributed by atoms with Crippen molar-refractivity contribution >= 4 is 28.8 Å². The van der Waals surface area contributed by atoms with Gasteiger partial charge in [-0.05, 0) is 37.2 Å². The Morgan fingerprint density at radius 3 is 2.74 bits per heavy atom. The summed E-state index contributed by atoms with van der Waals surface area (Å²) in [5, 5.41) is 7.09. The van der Waals surface area contributed by atoms with Crippen molar-refractivity contribution in [3.8, 4) is 0 Å². The molecule has 1 aromatic heterocycles. The second-order valence-electron chi connectivity index (χ2n) is 4.88. The van der Waals surface area contributed by atoms with Gasteiger partial charge < -0.3 is 20.3 Å². The highest BCUT2D eigenvalue weighted by Crippen LogP contribution is 2.19. The van der Waals surface area contributed by atoms with Crippen molar-refractivity contribution in [1.29, 1.82) is 0 Å². The molecular formula is C13H18N4OS. The number of nitrogens with zero attached hydrogens (tertiary/aromatic N) is 2. The summed E-state index contributed by atoms with van der Waals surface area (Å²) in [6.07, 6.45) is 4.26. The van der Waals surface area contributed by atoms with Gasteiger partial charge >= 0.3 is 0 Å². The first-order valence-electron chi connectivity index (χ1n) is 6.67. The highest BCUT2D eigenvalue weighted by atomic mass is 32.1. The average Bonchev–Trinajstić information content (AvgIpc) is 3.24. The molecule has 2 heterocycles. The van der Waals surface area contributed by atoms with Gasteiger partial charge in [-0.15, -0.1) is 0 Å².